The molecule has 0 aliphatic carbocycles. The second-order valence-electron chi connectivity index (χ2n) is 6.92. The van der Waals surface area contributed by atoms with Gasteiger partial charge in [0, 0.05) is 33.8 Å². The number of hydrogen-bond acceptors (Lipinski definition) is 3. The molecule has 0 atom stereocenters. The number of nitrogens with one attached hydrogen (secondary N) is 2. The SMILES string of the molecule is Cc1[nH]c2ccc(F)cc2c1SCCNC(=O)C(C)(C)Oc1ccccc1Cl. The molecule has 148 valence electrons. The van der Waals surface area contributed by atoms with Crippen LogP contribution in [0.25, 0.3) is 10.9 Å². The molecule has 0 unspecified atom stereocenters. The summed E-state index contributed by atoms with van der Waals surface area (Å²) in [5.74, 6) is 0.628. The number of H-pyrrole nitrogens is 1. The van der Waals surface area contributed by atoms with Crippen molar-refractivity contribution in [1.29, 1.82) is 0 Å². The van der Waals surface area contributed by atoms with Gasteiger partial charge in [0.25, 0.3) is 5.91 Å². The molecule has 0 aliphatic heterocycles. The Bertz CT molecular complexity index is 1000. The van der Waals surface area contributed by atoms with Crippen molar-refractivity contribution in [2.24, 2.45) is 0 Å². The van der Waals surface area contributed by atoms with E-state index >= 15 is 0 Å². The second kappa shape index (κ2) is 8.45. The molecule has 4 nitrogen and oxygen atoms in total. The van der Waals surface area contributed by atoms with Gasteiger partial charge < -0.3 is 15.0 Å². The Labute approximate surface area is 172 Å². The number of aryl methyl sites for hydroxylation is 1. The van der Waals surface area contributed by atoms with Crippen LogP contribution in [-0.4, -0.2) is 28.8 Å². The largest absolute Gasteiger partial charge is 0.476 e. The molecule has 0 spiro atoms. The molecule has 2 N–H and O–H groups in total. The Hall–Kier alpha value is -2.18. The molecule has 0 fully saturated rings. The maximum Gasteiger partial charge on any atom is 0.263 e. The Morgan fingerprint density at radius 2 is 2.04 bits per heavy atom. The second-order valence-corrected chi connectivity index (χ2v) is 8.43. The highest BCUT2D eigenvalue weighted by molar-refractivity contribution is 7.99. The fourth-order valence-corrected chi connectivity index (χ4v) is 4.01. The Morgan fingerprint density at radius 1 is 1.29 bits per heavy atom. The molecule has 2 aromatic carbocycles. The van der Waals surface area contributed by atoms with Crippen molar-refractivity contribution < 1.29 is 13.9 Å². The Balaban J connectivity index is 1.56. The number of fused-ring (bicyclic) bond motifs is 1. The van der Waals surface area contributed by atoms with Gasteiger partial charge in [0.15, 0.2) is 5.60 Å². The third kappa shape index (κ3) is 4.62. The average Bonchev–Trinajstić information content (AvgIpc) is 2.95. The van der Waals surface area contributed by atoms with Gasteiger partial charge in [-0.2, -0.15) is 0 Å². The lowest BCUT2D eigenvalue weighted by atomic mass is 10.1. The quantitative estimate of drug-likeness (QED) is 0.401. The summed E-state index contributed by atoms with van der Waals surface area (Å²) in [4.78, 5) is 16.8. The lowest BCUT2D eigenvalue weighted by molar-refractivity contribution is -0.134. The Morgan fingerprint density at radius 3 is 2.79 bits per heavy atom. The first kappa shape index (κ1) is 20.6. The normalized spacial score (nSPS) is 11.6. The van der Waals surface area contributed by atoms with E-state index < -0.39 is 5.60 Å². The summed E-state index contributed by atoms with van der Waals surface area (Å²) in [6.45, 7) is 5.82. The molecule has 0 saturated carbocycles. The molecular formula is C21H22ClFN2O2S. The number of aromatic amines is 1. The molecule has 28 heavy (non-hydrogen) atoms. The third-order valence-electron chi connectivity index (χ3n) is 4.27. The van der Waals surface area contributed by atoms with Crippen LogP contribution in [0.2, 0.25) is 5.02 Å². The average molecular weight is 421 g/mol. The zero-order valence-electron chi connectivity index (χ0n) is 15.9. The molecular weight excluding hydrogens is 399 g/mol. The van der Waals surface area contributed by atoms with E-state index in [1.165, 1.54) is 12.1 Å². The number of ether oxygens (including phenoxy) is 1. The first-order valence-corrected chi connectivity index (χ1v) is 10.3. The van der Waals surface area contributed by atoms with Crippen molar-refractivity contribution in [1.82, 2.24) is 10.3 Å². The summed E-state index contributed by atoms with van der Waals surface area (Å²) in [6, 6.07) is 11.8. The van der Waals surface area contributed by atoms with E-state index in [-0.39, 0.29) is 11.7 Å². The molecule has 1 amide bonds. The number of carbonyl (C=O) groups is 1. The minimum atomic E-state index is -1.06. The number of rotatable bonds is 7. The van der Waals surface area contributed by atoms with Crippen molar-refractivity contribution in [2.75, 3.05) is 12.3 Å². The predicted octanol–water partition coefficient (Wildman–Crippen LogP) is 5.33. The summed E-state index contributed by atoms with van der Waals surface area (Å²) in [7, 11) is 0. The lowest BCUT2D eigenvalue weighted by Gasteiger charge is -2.25. The Kier molecular flexibility index (Phi) is 6.20. The summed E-state index contributed by atoms with van der Waals surface area (Å²) in [5.41, 5.74) is 0.828. The monoisotopic (exact) mass is 420 g/mol. The summed E-state index contributed by atoms with van der Waals surface area (Å²) >= 11 is 7.68. The number of aromatic nitrogens is 1. The smallest absolute Gasteiger partial charge is 0.263 e. The number of carbonyl (C=O) groups excluding carboxylic acids is 1. The first-order valence-electron chi connectivity index (χ1n) is 8.90. The summed E-state index contributed by atoms with van der Waals surface area (Å²) < 4.78 is 19.3. The van der Waals surface area contributed by atoms with E-state index in [1.807, 2.05) is 6.92 Å². The number of hydrogen-bond donors (Lipinski definition) is 2. The van der Waals surface area contributed by atoms with Crippen molar-refractivity contribution in [3.05, 3.63) is 59.0 Å². The van der Waals surface area contributed by atoms with Gasteiger partial charge in [-0.3, -0.25) is 4.79 Å². The molecule has 1 heterocycles. The number of halogens is 2. The number of thioether (sulfide) groups is 1. The van der Waals surface area contributed by atoms with Crippen LogP contribution in [0.15, 0.2) is 47.4 Å². The van der Waals surface area contributed by atoms with Gasteiger partial charge in [0.1, 0.15) is 11.6 Å². The molecule has 0 radical (unpaired) electrons. The van der Waals surface area contributed by atoms with Gasteiger partial charge in [-0.05, 0) is 51.1 Å². The van der Waals surface area contributed by atoms with Crippen molar-refractivity contribution >= 4 is 40.2 Å². The molecule has 7 heteroatoms. The van der Waals surface area contributed by atoms with Crippen LogP contribution in [0.5, 0.6) is 5.75 Å². The van der Waals surface area contributed by atoms with E-state index in [0.717, 1.165) is 21.5 Å². The van der Waals surface area contributed by atoms with Crippen LogP contribution < -0.4 is 10.1 Å². The van der Waals surface area contributed by atoms with Gasteiger partial charge in [-0.15, -0.1) is 11.8 Å². The topological polar surface area (TPSA) is 54.1 Å². The van der Waals surface area contributed by atoms with Crippen molar-refractivity contribution in [2.45, 2.75) is 31.3 Å². The van der Waals surface area contributed by atoms with Crippen molar-refractivity contribution in [3.63, 3.8) is 0 Å². The highest BCUT2D eigenvalue weighted by Gasteiger charge is 2.30. The van der Waals surface area contributed by atoms with Crippen LogP contribution in [-0.2, 0) is 4.79 Å². The van der Waals surface area contributed by atoms with Crippen LogP contribution in [0.4, 0.5) is 4.39 Å². The standard InChI is InChI=1S/C21H22ClFN2O2S/c1-13-19(15-12-14(23)8-9-17(15)25-13)28-11-10-24-20(26)21(2,3)27-18-7-5-4-6-16(18)22/h4-9,12,25H,10-11H2,1-3H3,(H,24,26). The van der Waals surface area contributed by atoms with Crippen LogP contribution in [0, 0.1) is 12.7 Å². The van der Waals surface area contributed by atoms with E-state index in [4.69, 9.17) is 16.3 Å². The van der Waals surface area contributed by atoms with Gasteiger partial charge in [0.2, 0.25) is 0 Å². The first-order chi connectivity index (χ1) is 13.3. The zero-order chi connectivity index (χ0) is 20.3. The number of amides is 1. The predicted molar refractivity (Wildman–Crippen MR) is 113 cm³/mol. The minimum absolute atomic E-state index is 0.227. The van der Waals surface area contributed by atoms with Gasteiger partial charge in [-0.1, -0.05) is 23.7 Å². The van der Waals surface area contributed by atoms with E-state index in [0.29, 0.717) is 23.1 Å². The maximum absolute atomic E-state index is 13.6. The van der Waals surface area contributed by atoms with Crippen LogP contribution in [0.3, 0.4) is 0 Å². The third-order valence-corrected chi connectivity index (χ3v) is 5.81. The lowest BCUT2D eigenvalue weighted by Crippen LogP contribution is -2.47. The van der Waals surface area contributed by atoms with E-state index in [2.05, 4.69) is 10.3 Å². The van der Waals surface area contributed by atoms with Gasteiger partial charge >= 0.3 is 0 Å². The number of benzene rings is 2. The number of para-hydroxylation sites is 1. The fraction of sp³-hybridized carbons (Fsp3) is 0.286. The van der Waals surface area contributed by atoms with E-state index in [1.54, 1.807) is 55.9 Å². The molecule has 0 bridgehead atoms. The highest BCUT2D eigenvalue weighted by atomic mass is 35.5. The van der Waals surface area contributed by atoms with Gasteiger partial charge in [-0.25, -0.2) is 4.39 Å². The summed E-state index contributed by atoms with van der Waals surface area (Å²) in [5, 5.41) is 4.21. The molecule has 1 aromatic heterocycles. The highest BCUT2D eigenvalue weighted by Crippen LogP contribution is 2.32. The van der Waals surface area contributed by atoms with Gasteiger partial charge in [0.05, 0.1) is 5.02 Å². The maximum atomic E-state index is 13.6. The van der Waals surface area contributed by atoms with Crippen LogP contribution >= 0.6 is 23.4 Å². The molecule has 0 saturated heterocycles. The molecule has 0 aliphatic rings. The fourth-order valence-electron chi connectivity index (χ4n) is 2.84. The zero-order valence-corrected chi connectivity index (χ0v) is 17.5. The van der Waals surface area contributed by atoms with Crippen molar-refractivity contribution in [3.8, 4) is 5.75 Å². The molecule has 3 rings (SSSR count). The minimum Gasteiger partial charge on any atom is -0.476 e. The summed E-state index contributed by atoms with van der Waals surface area (Å²) in [6.07, 6.45) is 0. The molecule has 3 aromatic rings. The van der Waals surface area contributed by atoms with E-state index in [9.17, 15) is 9.18 Å². The van der Waals surface area contributed by atoms with Crippen LogP contribution in [0.1, 0.15) is 19.5 Å².